The molecule has 0 radical (unpaired) electrons. The number of carbonyl (C=O) groups excluding carboxylic acids is 1. The Hall–Kier alpha value is -1.75. The molecular formula is C15H15BrO4. The highest BCUT2D eigenvalue weighted by molar-refractivity contribution is 9.10. The Kier molecular flexibility index (Phi) is 5.68. The zero-order chi connectivity index (χ0) is 14.2. The van der Waals surface area contributed by atoms with Crippen LogP contribution in [0.15, 0.2) is 51.6 Å². The van der Waals surface area contributed by atoms with Gasteiger partial charge >= 0.3 is 5.97 Å². The molecule has 0 saturated heterocycles. The van der Waals surface area contributed by atoms with Crippen LogP contribution in [0.25, 0.3) is 0 Å². The van der Waals surface area contributed by atoms with E-state index in [0.29, 0.717) is 19.4 Å². The quantitative estimate of drug-likeness (QED) is 0.571. The summed E-state index contributed by atoms with van der Waals surface area (Å²) in [5.74, 6) is 1.29. The van der Waals surface area contributed by atoms with Gasteiger partial charge in [0, 0.05) is 10.9 Å². The third-order valence-electron chi connectivity index (χ3n) is 2.58. The molecular weight excluding hydrogens is 324 g/mol. The molecule has 1 aromatic heterocycles. The molecule has 0 fully saturated rings. The summed E-state index contributed by atoms with van der Waals surface area (Å²) in [5.41, 5.74) is 0. The summed E-state index contributed by atoms with van der Waals surface area (Å²) in [7, 11) is 0. The highest BCUT2D eigenvalue weighted by atomic mass is 79.9. The molecule has 4 nitrogen and oxygen atoms in total. The van der Waals surface area contributed by atoms with Crippen molar-refractivity contribution < 1.29 is 18.7 Å². The van der Waals surface area contributed by atoms with Crippen LogP contribution in [0.1, 0.15) is 12.2 Å². The molecule has 0 unspecified atom stereocenters. The highest BCUT2D eigenvalue weighted by Gasteiger charge is 2.05. The van der Waals surface area contributed by atoms with Gasteiger partial charge in [-0.15, -0.1) is 0 Å². The van der Waals surface area contributed by atoms with E-state index in [1.165, 1.54) is 0 Å². The first-order valence-electron chi connectivity index (χ1n) is 6.30. The standard InChI is InChI=1S/C15H15BrO4/c16-12-3-5-14(6-4-12)19-10-11-20-15(17)8-7-13-2-1-9-18-13/h1-6,9H,7-8,10-11H2. The van der Waals surface area contributed by atoms with E-state index in [2.05, 4.69) is 15.9 Å². The maximum atomic E-state index is 11.5. The van der Waals surface area contributed by atoms with E-state index >= 15 is 0 Å². The molecule has 0 bridgehead atoms. The molecule has 0 aliphatic carbocycles. The number of ether oxygens (including phenoxy) is 2. The monoisotopic (exact) mass is 338 g/mol. The Labute approximate surface area is 125 Å². The number of hydrogen-bond acceptors (Lipinski definition) is 4. The van der Waals surface area contributed by atoms with Crippen LogP contribution in [0.4, 0.5) is 0 Å². The first-order chi connectivity index (χ1) is 9.74. The van der Waals surface area contributed by atoms with Crippen LogP contribution in [0.5, 0.6) is 5.75 Å². The third-order valence-corrected chi connectivity index (χ3v) is 3.11. The zero-order valence-electron chi connectivity index (χ0n) is 10.9. The summed E-state index contributed by atoms with van der Waals surface area (Å²) >= 11 is 3.35. The van der Waals surface area contributed by atoms with Gasteiger partial charge in [-0.1, -0.05) is 15.9 Å². The minimum absolute atomic E-state index is 0.243. The van der Waals surface area contributed by atoms with Gasteiger partial charge < -0.3 is 13.9 Å². The first kappa shape index (κ1) is 14.7. The summed E-state index contributed by atoms with van der Waals surface area (Å²) in [6.07, 6.45) is 2.46. The lowest BCUT2D eigenvalue weighted by molar-refractivity contribution is -0.144. The molecule has 5 heteroatoms. The van der Waals surface area contributed by atoms with Crippen LogP contribution in [0.3, 0.4) is 0 Å². The van der Waals surface area contributed by atoms with Gasteiger partial charge in [0.15, 0.2) is 0 Å². The number of benzene rings is 1. The van der Waals surface area contributed by atoms with Crippen LogP contribution < -0.4 is 4.74 Å². The third kappa shape index (κ3) is 5.09. The summed E-state index contributed by atoms with van der Waals surface area (Å²) < 4.78 is 16.7. The Balaban J connectivity index is 1.58. The number of furan rings is 1. The van der Waals surface area contributed by atoms with Crippen LogP contribution in [0.2, 0.25) is 0 Å². The van der Waals surface area contributed by atoms with E-state index < -0.39 is 0 Å². The summed E-state index contributed by atoms with van der Waals surface area (Å²) in [6, 6.07) is 11.1. The smallest absolute Gasteiger partial charge is 0.306 e. The maximum Gasteiger partial charge on any atom is 0.306 e. The van der Waals surface area contributed by atoms with Crippen LogP contribution >= 0.6 is 15.9 Å². The summed E-state index contributed by atoms with van der Waals surface area (Å²) in [4.78, 5) is 11.5. The molecule has 106 valence electrons. The Morgan fingerprint density at radius 1 is 1.15 bits per heavy atom. The van der Waals surface area contributed by atoms with E-state index in [9.17, 15) is 4.79 Å². The normalized spacial score (nSPS) is 10.2. The van der Waals surface area contributed by atoms with Gasteiger partial charge in [-0.3, -0.25) is 4.79 Å². The van der Waals surface area contributed by atoms with Gasteiger partial charge in [-0.25, -0.2) is 0 Å². The van der Waals surface area contributed by atoms with Crippen molar-refractivity contribution in [3.63, 3.8) is 0 Å². The Morgan fingerprint density at radius 2 is 1.95 bits per heavy atom. The second-order valence-electron chi connectivity index (χ2n) is 4.10. The number of esters is 1. The molecule has 1 aromatic carbocycles. The van der Waals surface area contributed by atoms with Crippen LogP contribution in [-0.4, -0.2) is 19.2 Å². The molecule has 0 N–H and O–H groups in total. The van der Waals surface area contributed by atoms with Crippen LogP contribution in [-0.2, 0) is 16.0 Å². The lowest BCUT2D eigenvalue weighted by Crippen LogP contribution is -2.12. The van der Waals surface area contributed by atoms with Crippen molar-refractivity contribution in [3.05, 3.63) is 52.9 Å². The second kappa shape index (κ2) is 7.75. The lowest BCUT2D eigenvalue weighted by Gasteiger charge is -2.07. The van der Waals surface area contributed by atoms with E-state index in [0.717, 1.165) is 16.0 Å². The first-order valence-corrected chi connectivity index (χ1v) is 7.10. The van der Waals surface area contributed by atoms with Gasteiger partial charge in [0.25, 0.3) is 0 Å². The van der Waals surface area contributed by atoms with Gasteiger partial charge in [0.2, 0.25) is 0 Å². The zero-order valence-corrected chi connectivity index (χ0v) is 12.5. The molecule has 0 amide bonds. The number of aryl methyl sites for hydroxylation is 1. The second-order valence-corrected chi connectivity index (χ2v) is 5.02. The lowest BCUT2D eigenvalue weighted by atomic mass is 10.2. The number of carbonyl (C=O) groups is 1. The molecule has 0 aliphatic rings. The van der Waals surface area contributed by atoms with Gasteiger partial charge in [0.1, 0.15) is 24.7 Å². The molecule has 2 rings (SSSR count). The predicted molar refractivity (Wildman–Crippen MR) is 77.6 cm³/mol. The molecule has 0 aliphatic heterocycles. The van der Waals surface area contributed by atoms with Crippen molar-refractivity contribution in [1.82, 2.24) is 0 Å². The fourth-order valence-electron chi connectivity index (χ4n) is 1.60. The molecule has 0 atom stereocenters. The number of hydrogen-bond donors (Lipinski definition) is 0. The fraction of sp³-hybridized carbons (Fsp3) is 0.267. The van der Waals surface area contributed by atoms with Crippen LogP contribution in [0, 0.1) is 0 Å². The highest BCUT2D eigenvalue weighted by Crippen LogP contribution is 2.15. The van der Waals surface area contributed by atoms with E-state index in [1.807, 2.05) is 30.3 Å². The molecule has 20 heavy (non-hydrogen) atoms. The topological polar surface area (TPSA) is 48.7 Å². The van der Waals surface area contributed by atoms with Crippen molar-refractivity contribution in [2.75, 3.05) is 13.2 Å². The average Bonchev–Trinajstić information content (AvgIpc) is 2.96. The van der Waals surface area contributed by atoms with Crippen molar-refractivity contribution in [2.24, 2.45) is 0 Å². The summed E-state index contributed by atoms with van der Waals surface area (Å²) in [6.45, 7) is 0.585. The fourth-order valence-corrected chi connectivity index (χ4v) is 1.86. The average molecular weight is 339 g/mol. The van der Waals surface area contributed by atoms with E-state index in [4.69, 9.17) is 13.9 Å². The SMILES string of the molecule is O=C(CCc1ccco1)OCCOc1ccc(Br)cc1. The van der Waals surface area contributed by atoms with Gasteiger partial charge in [-0.05, 0) is 36.4 Å². The Bertz CT molecular complexity index is 519. The molecule has 0 saturated carbocycles. The maximum absolute atomic E-state index is 11.5. The predicted octanol–water partition coefficient (Wildman–Crippen LogP) is 3.60. The minimum Gasteiger partial charge on any atom is -0.490 e. The molecule has 1 heterocycles. The van der Waals surface area contributed by atoms with Crippen molar-refractivity contribution in [2.45, 2.75) is 12.8 Å². The van der Waals surface area contributed by atoms with E-state index in [-0.39, 0.29) is 12.6 Å². The largest absolute Gasteiger partial charge is 0.490 e. The van der Waals surface area contributed by atoms with Crippen molar-refractivity contribution in [3.8, 4) is 5.75 Å². The van der Waals surface area contributed by atoms with Gasteiger partial charge in [-0.2, -0.15) is 0 Å². The molecule has 2 aromatic rings. The summed E-state index contributed by atoms with van der Waals surface area (Å²) in [5, 5.41) is 0. The number of rotatable bonds is 7. The minimum atomic E-state index is -0.249. The van der Waals surface area contributed by atoms with Crippen molar-refractivity contribution >= 4 is 21.9 Å². The molecule has 0 spiro atoms. The van der Waals surface area contributed by atoms with E-state index in [1.54, 1.807) is 12.3 Å². The number of halogens is 1. The Morgan fingerprint density at radius 3 is 2.65 bits per heavy atom. The van der Waals surface area contributed by atoms with Gasteiger partial charge in [0.05, 0.1) is 12.7 Å². The van der Waals surface area contributed by atoms with Crippen molar-refractivity contribution in [1.29, 1.82) is 0 Å².